The Balaban J connectivity index is 1.38. The fourth-order valence-corrected chi connectivity index (χ4v) is 3.86. The number of carbonyl (C=O) groups excluding carboxylic acids is 1. The number of rotatable bonds is 6. The highest BCUT2D eigenvalue weighted by atomic mass is 35.5. The van der Waals surface area contributed by atoms with Crippen LogP contribution in [-0.2, 0) is 13.7 Å². The summed E-state index contributed by atoms with van der Waals surface area (Å²) >= 11 is 6.50. The van der Waals surface area contributed by atoms with Gasteiger partial charge in [0.25, 0.3) is 5.91 Å². The minimum absolute atomic E-state index is 0.138. The predicted octanol–water partition coefficient (Wildman–Crippen LogP) is 5.52. The Labute approximate surface area is 201 Å². The zero-order valence-corrected chi connectivity index (χ0v) is 19.0. The second-order valence-electron chi connectivity index (χ2n) is 7.64. The van der Waals surface area contributed by atoms with E-state index in [0.29, 0.717) is 33.4 Å². The molecule has 0 aliphatic rings. The lowest BCUT2D eigenvalue weighted by Gasteiger charge is -2.12. The zero-order valence-electron chi connectivity index (χ0n) is 18.3. The molecule has 0 radical (unpaired) electrons. The van der Waals surface area contributed by atoms with Gasteiger partial charge in [0.05, 0.1) is 28.5 Å². The van der Waals surface area contributed by atoms with Crippen LogP contribution in [0, 0.1) is 0 Å². The molecule has 0 aliphatic heterocycles. The number of carbonyl (C=O) groups is 1. The third kappa shape index (κ3) is 4.33. The van der Waals surface area contributed by atoms with Crippen LogP contribution in [0.5, 0.6) is 5.75 Å². The average Bonchev–Trinajstić information content (AvgIpc) is 3.16. The number of fused-ring (bicyclic) bond motifs is 1. The normalized spacial score (nSPS) is 10.9. The van der Waals surface area contributed by atoms with Gasteiger partial charge in [0, 0.05) is 30.4 Å². The maximum absolute atomic E-state index is 13.1. The number of aryl methyl sites for hydroxylation is 1. The number of aromatic nitrogens is 4. The Hall–Kier alpha value is -4.23. The molecule has 0 unspecified atom stereocenters. The Morgan fingerprint density at radius 1 is 1.06 bits per heavy atom. The molecule has 3 heterocycles. The highest BCUT2D eigenvalue weighted by Crippen LogP contribution is 2.30. The van der Waals surface area contributed by atoms with Gasteiger partial charge in [-0.15, -0.1) is 0 Å². The van der Waals surface area contributed by atoms with E-state index in [9.17, 15) is 4.79 Å². The van der Waals surface area contributed by atoms with E-state index in [2.05, 4.69) is 20.4 Å². The van der Waals surface area contributed by atoms with Crippen LogP contribution in [0.1, 0.15) is 15.9 Å². The molecule has 0 atom stereocenters. The molecule has 168 valence electrons. The number of para-hydroxylation sites is 2. The maximum Gasteiger partial charge on any atom is 0.259 e. The van der Waals surface area contributed by atoms with Crippen LogP contribution >= 0.6 is 11.6 Å². The smallest absolute Gasteiger partial charge is 0.259 e. The summed E-state index contributed by atoms with van der Waals surface area (Å²) in [4.78, 5) is 21.6. The number of nitrogens with one attached hydrogen (secondary N) is 1. The summed E-state index contributed by atoms with van der Waals surface area (Å²) in [6, 6.07) is 20.4. The van der Waals surface area contributed by atoms with Crippen LogP contribution in [0.3, 0.4) is 0 Å². The summed E-state index contributed by atoms with van der Waals surface area (Å²) in [5.74, 6) is 0.142. The van der Waals surface area contributed by atoms with Crippen LogP contribution in [0.15, 0.2) is 85.3 Å². The van der Waals surface area contributed by atoms with Crippen molar-refractivity contribution in [3.8, 4) is 17.0 Å². The molecule has 5 aromatic rings. The van der Waals surface area contributed by atoms with E-state index < -0.39 is 0 Å². The topological polar surface area (TPSA) is 81.9 Å². The summed E-state index contributed by atoms with van der Waals surface area (Å²) in [7, 11) is 1.77. The Bertz CT molecular complexity index is 1480. The van der Waals surface area contributed by atoms with Crippen molar-refractivity contribution in [2.75, 3.05) is 5.32 Å². The monoisotopic (exact) mass is 469 g/mol. The van der Waals surface area contributed by atoms with E-state index in [1.807, 2.05) is 48.5 Å². The van der Waals surface area contributed by atoms with Crippen molar-refractivity contribution in [1.29, 1.82) is 0 Å². The van der Waals surface area contributed by atoms with Crippen LogP contribution in [0.4, 0.5) is 5.69 Å². The van der Waals surface area contributed by atoms with Gasteiger partial charge in [-0.05, 0) is 36.4 Å². The molecular weight excluding hydrogens is 450 g/mol. The van der Waals surface area contributed by atoms with Crippen molar-refractivity contribution in [2.24, 2.45) is 7.05 Å². The van der Waals surface area contributed by atoms with Crippen LogP contribution in [0.25, 0.3) is 22.2 Å². The number of ether oxygens (including phenoxy) is 1. The molecule has 0 bridgehead atoms. The van der Waals surface area contributed by atoms with Crippen molar-refractivity contribution in [2.45, 2.75) is 6.61 Å². The molecule has 0 aliphatic carbocycles. The van der Waals surface area contributed by atoms with Crippen LogP contribution in [-0.4, -0.2) is 25.7 Å². The lowest BCUT2D eigenvalue weighted by molar-refractivity contribution is 0.102. The third-order valence-electron chi connectivity index (χ3n) is 5.36. The first-order chi connectivity index (χ1) is 16.6. The number of amides is 1. The Kier molecular flexibility index (Phi) is 5.93. The highest BCUT2D eigenvalue weighted by molar-refractivity contribution is 6.30. The minimum atomic E-state index is -0.294. The second-order valence-corrected chi connectivity index (χ2v) is 8.00. The lowest BCUT2D eigenvalue weighted by Crippen LogP contribution is -2.14. The number of nitrogens with zero attached hydrogens (tertiary/aromatic N) is 4. The Morgan fingerprint density at radius 3 is 2.74 bits per heavy atom. The van der Waals surface area contributed by atoms with E-state index in [1.54, 1.807) is 48.5 Å². The van der Waals surface area contributed by atoms with Crippen LogP contribution in [0.2, 0.25) is 5.15 Å². The number of hydrogen-bond donors (Lipinski definition) is 1. The molecule has 8 heteroatoms. The SMILES string of the molecule is Cn1nc(-c2cccnc2)c(COc2ccccc2C(=O)Nc2cnc3ccccc3c2)c1Cl. The van der Waals surface area contributed by atoms with Gasteiger partial charge in [0.1, 0.15) is 23.2 Å². The van der Waals surface area contributed by atoms with Gasteiger partial charge in [-0.1, -0.05) is 41.9 Å². The maximum atomic E-state index is 13.1. The summed E-state index contributed by atoms with van der Waals surface area (Å²) in [6.45, 7) is 0.138. The van der Waals surface area contributed by atoms with Crippen LogP contribution < -0.4 is 10.1 Å². The average molecular weight is 470 g/mol. The molecule has 7 nitrogen and oxygen atoms in total. The number of benzene rings is 2. The molecule has 0 saturated carbocycles. The summed E-state index contributed by atoms with van der Waals surface area (Å²) in [6.07, 6.45) is 5.06. The van der Waals surface area contributed by atoms with Crippen molar-refractivity contribution in [1.82, 2.24) is 19.7 Å². The van der Waals surface area contributed by atoms with Crippen molar-refractivity contribution < 1.29 is 9.53 Å². The largest absolute Gasteiger partial charge is 0.488 e. The molecule has 0 spiro atoms. The molecule has 2 aromatic carbocycles. The van der Waals surface area contributed by atoms with E-state index >= 15 is 0 Å². The van der Waals surface area contributed by atoms with Gasteiger partial charge in [-0.2, -0.15) is 5.10 Å². The van der Waals surface area contributed by atoms with E-state index in [1.165, 1.54) is 0 Å². The fourth-order valence-electron chi connectivity index (χ4n) is 3.68. The van der Waals surface area contributed by atoms with Gasteiger partial charge in [-0.3, -0.25) is 19.4 Å². The number of pyridine rings is 2. The second kappa shape index (κ2) is 9.33. The highest BCUT2D eigenvalue weighted by Gasteiger charge is 2.19. The quantitative estimate of drug-likeness (QED) is 0.354. The van der Waals surface area contributed by atoms with E-state index in [4.69, 9.17) is 16.3 Å². The summed E-state index contributed by atoms with van der Waals surface area (Å²) < 4.78 is 7.67. The van der Waals surface area contributed by atoms with Crippen molar-refractivity contribution in [3.63, 3.8) is 0 Å². The van der Waals surface area contributed by atoms with Gasteiger partial charge in [-0.25, -0.2) is 0 Å². The van der Waals surface area contributed by atoms with E-state index in [-0.39, 0.29) is 12.5 Å². The van der Waals surface area contributed by atoms with Gasteiger partial charge in [0.15, 0.2) is 0 Å². The Morgan fingerprint density at radius 2 is 1.88 bits per heavy atom. The molecule has 1 N–H and O–H groups in total. The van der Waals surface area contributed by atoms with Gasteiger partial charge < -0.3 is 10.1 Å². The van der Waals surface area contributed by atoms with Crippen molar-refractivity contribution >= 4 is 34.1 Å². The van der Waals surface area contributed by atoms with Gasteiger partial charge >= 0.3 is 0 Å². The minimum Gasteiger partial charge on any atom is -0.488 e. The number of anilines is 1. The molecule has 0 fully saturated rings. The molecule has 0 saturated heterocycles. The van der Waals surface area contributed by atoms with E-state index in [0.717, 1.165) is 16.5 Å². The zero-order chi connectivity index (χ0) is 23.5. The fraction of sp³-hybridized carbons (Fsp3) is 0.0769. The lowest BCUT2D eigenvalue weighted by atomic mass is 10.1. The third-order valence-corrected chi connectivity index (χ3v) is 5.83. The first kappa shape index (κ1) is 21.6. The number of halogens is 1. The molecule has 34 heavy (non-hydrogen) atoms. The van der Waals surface area contributed by atoms with Gasteiger partial charge in [0.2, 0.25) is 0 Å². The summed E-state index contributed by atoms with van der Waals surface area (Å²) in [5, 5.41) is 8.82. The summed E-state index contributed by atoms with van der Waals surface area (Å²) in [5.41, 5.74) is 4.10. The standard InChI is InChI=1S/C26H20ClN5O2/c1-32-25(27)21(24(31-32)18-8-6-12-28-14-18)16-34-23-11-5-3-9-20(23)26(33)30-19-13-17-7-2-4-10-22(17)29-15-19/h2-15H,16H2,1H3,(H,30,33). The predicted molar refractivity (Wildman–Crippen MR) is 132 cm³/mol. The molecule has 3 aromatic heterocycles. The van der Waals surface area contributed by atoms with Crippen molar-refractivity contribution in [3.05, 3.63) is 102 Å². The number of hydrogen-bond acceptors (Lipinski definition) is 5. The molecular formula is C26H20ClN5O2. The first-order valence-electron chi connectivity index (χ1n) is 10.6. The molecule has 1 amide bonds. The molecule has 5 rings (SSSR count). The first-order valence-corrected chi connectivity index (χ1v) is 11.0.